The molecule has 2 heterocycles. The van der Waals surface area contributed by atoms with Crippen molar-refractivity contribution in [1.82, 2.24) is 20.8 Å². The molecule has 0 saturated carbocycles. The lowest BCUT2D eigenvalue weighted by Gasteiger charge is -2.39. The average Bonchev–Trinajstić information content (AvgIpc) is 3.43. The van der Waals surface area contributed by atoms with Crippen LogP contribution in [-0.4, -0.2) is 104 Å². The molecule has 6 atom stereocenters. The van der Waals surface area contributed by atoms with Gasteiger partial charge in [0.05, 0.1) is 12.6 Å². The number of carbonyl (C=O) groups excluding carboxylic acids is 3. The Balaban J connectivity index is 1.50. The standard InChI is InChI=1S/C33H52N6O9/c1-18(2)25-21(30(39-38-25)48-31-28(44)27(43)26(42)23(17-40)47-31)16-20-13-11-19(12-14-20)8-7-10-24(41)37-33(3,4)32(46)36-15-6-5-9-22(34)29(35)45/h11-14,18,22-23,26-28,31,40,42-44H,5-10,15-17,34H2,1-4H3,(H2,35,45)(H,36,46)(H,37,41)(H,38,39)/t22-,23+,26-,27-,28+,31-/m0/s1. The van der Waals surface area contributed by atoms with Crippen LogP contribution in [0.2, 0.25) is 0 Å². The number of aliphatic hydroxyl groups is 4. The quantitative estimate of drug-likeness (QED) is 0.0920. The molecule has 0 bridgehead atoms. The number of aromatic amines is 1. The van der Waals surface area contributed by atoms with Crippen molar-refractivity contribution in [1.29, 1.82) is 0 Å². The smallest absolute Gasteiger partial charge is 0.245 e. The molecule has 0 unspecified atom stereocenters. The number of aryl methyl sites for hydroxylation is 1. The number of nitrogens with zero attached hydrogens (tertiary/aromatic N) is 1. The van der Waals surface area contributed by atoms with Crippen LogP contribution in [0, 0.1) is 0 Å². The minimum Gasteiger partial charge on any atom is -0.443 e. The SMILES string of the molecule is CC(C)c1[nH]nc(O[C@@H]2O[C@H](CO)[C@H](O)[C@H](O)[C@H]2O)c1Cc1ccc(CCCC(=O)NC(C)(C)C(=O)NCCCC[C@H](N)C(N)=O)cc1. The number of aliphatic hydroxyl groups excluding tert-OH is 4. The van der Waals surface area contributed by atoms with E-state index in [0.717, 1.165) is 22.4 Å². The molecule has 0 radical (unpaired) electrons. The van der Waals surface area contributed by atoms with Crippen LogP contribution in [0.4, 0.5) is 0 Å². The van der Waals surface area contributed by atoms with Crippen molar-refractivity contribution in [3.8, 4) is 5.88 Å². The molecule has 2 aromatic rings. The molecule has 0 aliphatic carbocycles. The first-order chi connectivity index (χ1) is 22.6. The normalized spacial score (nSPS) is 21.9. The topological polar surface area (TPSA) is 255 Å². The number of rotatable bonds is 18. The third-order valence-corrected chi connectivity index (χ3v) is 8.40. The van der Waals surface area contributed by atoms with E-state index in [1.54, 1.807) is 13.8 Å². The number of amides is 3. The van der Waals surface area contributed by atoms with Crippen molar-refractivity contribution < 1.29 is 44.3 Å². The van der Waals surface area contributed by atoms with Crippen LogP contribution in [0.15, 0.2) is 24.3 Å². The molecule has 15 heteroatoms. The fourth-order valence-electron chi connectivity index (χ4n) is 5.38. The van der Waals surface area contributed by atoms with Crippen LogP contribution in [-0.2, 0) is 32.0 Å². The van der Waals surface area contributed by atoms with Gasteiger partial charge in [0.15, 0.2) is 0 Å². The van der Waals surface area contributed by atoms with Crippen molar-refractivity contribution in [2.24, 2.45) is 11.5 Å². The zero-order valence-corrected chi connectivity index (χ0v) is 28.1. The van der Waals surface area contributed by atoms with Crippen LogP contribution >= 0.6 is 0 Å². The molecule has 268 valence electrons. The number of hydrogen-bond acceptors (Lipinski definition) is 11. The van der Waals surface area contributed by atoms with Crippen LogP contribution in [0.3, 0.4) is 0 Å². The predicted molar refractivity (Wildman–Crippen MR) is 176 cm³/mol. The summed E-state index contributed by atoms with van der Waals surface area (Å²) in [5.41, 5.74) is 13.2. The molecule has 48 heavy (non-hydrogen) atoms. The number of carbonyl (C=O) groups is 3. The van der Waals surface area contributed by atoms with Gasteiger partial charge in [0, 0.05) is 30.6 Å². The first-order valence-corrected chi connectivity index (χ1v) is 16.4. The van der Waals surface area contributed by atoms with Crippen LogP contribution in [0.5, 0.6) is 5.88 Å². The number of nitrogens with one attached hydrogen (secondary N) is 3. The van der Waals surface area contributed by atoms with E-state index in [1.165, 1.54) is 0 Å². The molecule has 1 saturated heterocycles. The Kier molecular flexibility index (Phi) is 14.3. The van der Waals surface area contributed by atoms with Crippen molar-refractivity contribution in [2.45, 2.75) is 121 Å². The molecular weight excluding hydrogens is 624 g/mol. The third-order valence-electron chi connectivity index (χ3n) is 8.40. The zero-order chi connectivity index (χ0) is 35.6. The van der Waals surface area contributed by atoms with Gasteiger partial charge in [0.2, 0.25) is 29.9 Å². The Morgan fingerprint density at radius 3 is 2.33 bits per heavy atom. The molecule has 1 fully saturated rings. The molecule has 0 spiro atoms. The molecule has 1 aromatic carbocycles. The molecule has 3 rings (SSSR count). The van der Waals surface area contributed by atoms with Crippen LogP contribution in [0.1, 0.15) is 88.1 Å². The number of ether oxygens (including phenoxy) is 2. The molecule has 1 aliphatic rings. The highest BCUT2D eigenvalue weighted by atomic mass is 16.7. The Morgan fingerprint density at radius 1 is 1.04 bits per heavy atom. The van der Waals surface area contributed by atoms with Crippen LogP contribution < -0.4 is 26.8 Å². The average molecular weight is 677 g/mol. The van der Waals surface area contributed by atoms with Gasteiger partial charge in [0.25, 0.3) is 0 Å². The largest absolute Gasteiger partial charge is 0.443 e. The van der Waals surface area contributed by atoms with E-state index in [9.17, 15) is 34.8 Å². The van der Waals surface area contributed by atoms with E-state index in [4.69, 9.17) is 20.9 Å². The first-order valence-electron chi connectivity index (χ1n) is 16.4. The highest BCUT2D eigenvalue weighted by Crippen LogP contribution is 2.31. The van der Waals surface area contributed by atoms with Gasteiger partial charge in [-0.3, -0.25) is 19.5 Å². The minimum absolute atomic E-state index is 0.0695. The maximum atomic E-state index is 12.6. The molecule has 1 aliphatic heterocycles. The third kappa shape index (κ3) is 10.7. The Bertz CT molecular complexity index is 1350. The second-order valence-corrected chi connectivity index (χ2v) is 13.2. The second kappa shape index (κ2) is 17.7. The summed E-state index contributed by atoms with van der Waals surface area (Å²) in [6.07, 6.45) is -3.44. The fraction of sp³-hybridized carbons (Fsp3) is 0.636. The summed E-state index contributed by atoms with van der Waals surface area (Å²) >= 11 is 0. The van der Waals surface area contributed by atoms with E-state index in [-0.39, 0.29) is 30.0 Å². The van der Waals surface area contributed by atoms with Gasteiger partial charge in [-0.1, -0.05) is 38.1 Å². The highest BCUT2D eigenvalue weighted by molar-refractivity contribution is 5.90. The summed E-state index contributed by atoms with van der Waals surface area (Å²) in [5, 5.41) is 53.0. The predicted octanol–water partition coefficient (Wildman–Crippen LogP) is -0.381. The van der Waals surface area contributed by atoms with Crippen molar-refractivity contribution in [2.75, 3.05) is 13.2 Å². The number of hydrogen-bond donors (Lipinski definition) is 9. The molecule has 15 nitrogen and oxygen atoms in total. The van der Waals surface area contributed by atoms with E-state index in [2.05, 4.69) is 20.8 Å². The van der Waals surface area contributed by atoms with Gasteiger partial charge in [-0.15, -0.1) is 5.10 Å². The summed E-state index contributed by atoms with van der Waals surface area (Å²) in [6.45, 7) is 7.11. The van der Waals surface area contributed by atoms with E-state index < -0.39 is 54.8 Å². The number of nitrogens with two attached hydrogens (primary N) is 2. The number of aromatic nitrogens is 2. The Morgan fingerprint density at radius 2 is 1.71 bits per heavy atom. The minimum atomic E-state index is -1.57. The van der Waals surface area contributed by atoms with Crippen molar-refractivity contribution >= 4 is 17.7 Å². The summed E-state index contributed by atoms with van der Waals surface area (Å²) in [5.74, 6) is -0.831. The number of unbranched alkanes of at least 4 members (excludes halogenated alkanes) is 1. The lowest BCUT2D eigenvalue weighted by atomic mass is 9.97. The van der Waals surface area contributed by atoms with E-state index in [0.29, 0.717) is 45.1 Å². The van der Waals surface area contributed by atoms with Gasteiger partial charge in [0.1, 0.15) is 30.0 Å². The molecule has 3 amide bonds. The van der Waals surface area contributed by atoms with Crippen molar-refractivity contribution in [3.05, 3.63) is 46.6 Å². The number of H-pyrrole nitrogens is 1. The maximum absolute atomic E-state index is 12.6. The monoisotopic (exact) mass is 676 g/mol. The molecule has 1 aromatic heterocycles. The summed E-state index contributed by atoms with van der Waals surface area (Å²) in [4.78, 5) is 36.2. The van der Waals surface area contributed by atoms with E-state index >= 15 is 0 Å². The maximum Gasteiger partial charge on any atom is 0.245 e. The van der Waals surface area contributed by atoms with Crippen LogP contribution in [0.25, 0.3) is 0 Å². The zero-order valence-electron chi connectivity index (χ0n) is 28.1. The van der Waals surface area contributed by atoms with Gasteiger partial charge in [-0.2, -0.15) is 0 Å². The lowest BCUT2D eigenvalue weighted by Crippen LogP contribution is -2.60. The Hall–Kier alpha value is -3.60. The number of primary amides is 1. The van der Waals surface area contributed by atoms with Crippen molar-refractivity contribution in [3.63, 3.8) is 0 Å². The lowest BCUT2D eigenvalue weighted by molar-refractivity contribution is -0.278. The number of benzene rings is 1. The van der Waals surface area contributed by atoms with E-state index in [1.807, 2.05) is 38.1 Å². The van der Waals surface area contributed by atoms with Gasteiger partial charge < -0.3 is 52.0 Å². The van der Waals surface area contributed by atoms with Gasteiger partial charge in [-0.25, -0.2) is 0 Å². The van der Waals surface area contributed by atoms with Gasteiger partial charge >= 0.3 is 0 Å². The first kappa shape index (κ1) is 38.8. The molecular formula is C33H52N6O9. The van der Waals surface area contributed by atoms with Gasteiger partial charge in [-0.05, 0) is 63.0 Å². The summed E-state index contributed by atoms with van der Waals surface area (Å²) in [6, 6.07) is 7.21. The highest BCUT2D eigenvalue weighted by Gasteiger charge is 2.45. The second-order valence-electron chi connectivity index (χ2n) is 13.2. The molecule has 11 N–H and O–H groups in total. The fourth-order valence-corrected chi connectivity index (χ4v) is 5.38. The summed E-state index contributed by atoms with van der Waals surface area (Å²) < 4.78 is 11.4. The summed E-state index contributed by atoms with van der Waals surface area (Å²) in [7, 11) is 0. The Labute approximate surface area is 280 Å².